The van der Waals surface area contributed by atoms with E-state index in [0.29, 0.717) is 5.46 Å². The number of rotatable bonds is 0. The van der Waals surface area contributed by atoms with Gasteiger partial charge in [-0.15, -0.1) is 0 Å². The summed E-state index contributed by atoms with van der Waals surface area (Å²) in [5, 5.41) is 5.27. The first-order chi connectivity index (χ1) is 6.70. The molecule has 14 heavy (non-hydrogen) atoms. The van der Waals surface area contributed by atoms with Gasteiger partial charge in [0.2, 0.25) is 0 Å². The highest BCUT2D eigenvalue weighted by atomic mass is 15.3. The fourth-order valence-electron chi connectivity index (χ4n) is 1.42. The Bertz CT molecular complexity index is 434. The zero-order chi connectivity index (χ0) is 10.7. The van der Waals surface area contributed by atoms with Crippen LogP contribution in [-0.4, -0.2) is 22.6 Å². The largest absolute Gasteiger partial charge is 0.268 e. The molecule has 2 aromatic rings. The van der Waals surface area contributed by atoms with Gasteiger partial charge in [0, 0.05) is 24.8 Å². The van der Waals surface area contributed by atoms with E-state index in [1.165, 1.54) is 0 Å². The van der Waals surface area contributed by atoms with Crippen LogP contribution in [-0.2, 0) is 7.05 Å². The zero-order valence-corrected chi connectivity index (χ0v) is 9.07. The Kier molecular flexibility index (Phi) is 3.28. The Morgan fingerprint density at radius 2 is 1.93 bits per heavy atom. The number of pyridine rings is 1. The molecule has 0 aliphatic rings. The SMILES string of the molecule is CC.[B]c1cncc2c(C)nn(C)c12. The van der Waals surface area contributed by atoms with E-state index in [4.69, 9.17) is 7.85 Å². The van der Waals surface area contributed by atoms with Gasteiger partial charge < -0.3 is 0 Å². The van der Waals surface area contributed by atoms with Crippen molar-refractivity contribution in [3.8, 4) is 0 Å². The number of fused-ring (bicyclic) bond motifs is 1. The van der Waals surface area contributed by atoms with Crippen LogP contribution in [0.1, 0.15) is 19.5 Å². The average molecular weight is 187 g/mol. The molecule has 0 spiro atoms. The summed E-state index contributed by atoms with van der Waals surface area (Å²) in [6.45, 7) is 5.95. The smallest absolute Gasteiger partial charge is 0.119 e. The molecule has 2 rings (SSSR count). The number of nitrogens with zero attached hydrogens (tertiary/aromatic N) is 3. The summed E-state index contributed by atoms with van der Waals surface area (Å²) in [7, 11) is 7.63. The predicted octanol–water partition coefficient (Wildman–Crippen LogP) is 1.10. The monoisotopic (exact) mass is 187 g/mol. The first-order valence-electron chi connectivity index (χ1n) is 4.73. The van der Waals surface area contributed by atoms with Crippen LogP contribution in [0, 0.1) is 6.92 Å². The van der Waals surface area contributed by atoms with Crippen LogP contribution < -0.4 is 5.46 Å². The summed E-state index contributed by atoms with van der Waals surface area (Å²) >= 11 is 0. The maximum Gasteiger partial charge on any atom is 0.119 e. The quantitative estimate of drug-likeness (QED) is 0.578. The molecule has 2 heterocycles. The van der Waals surface area contributed by atoms with Crippen molar-refractivity contribution in [1.29, 1.82) is 0 Å². The molecule has 72 valence electrons. The highest BCUT2D eigenvalue weighted by Gasteiger charge is 2.05. The lowest BCUT2D eigenvalue weighted by Gasteiger charge is -1.96. The summed E-state index contributed by atoms with van der Waals surface area (Å²) in [4.78, 5) is 4.01. The second kappa shape index (κ2) is 4.27. The predicted molar refractivity (Wildman–Crippen MR) is 60.0 cm³/mol. The van der Waals surface area contributed by atoms with Crippen molar-refractivity contribution in [1.82, 2.24) is 14.8 Å². The van der Waals surface area contributed by atoms with Gasteiger partial charge in [-0.2, -0.15) is 5.10 Å². The van der Waals surface area contributed by atoms with Gasteiger partial charge in [0.25, 0.3) is 0 Å². The van der Waals surface area contributed by atoms with Gasteiger partial charge in [-0.05, 0) is 6.92 Å². The molecule has 0 aromatic carbocycles. The summed E-state index contributed by atoms with van der Waals surface area (Å²) < 4.78 is 1.78. The van der Waals surface area contributed by atoms with E-state index in [-0.39, 0.29) is 0 Å². The molecule has 0 atom stereocenters. The molecule has 0 unspecified atom stereocenters. The molecule has 0 saturated heterocycles. The van der Waals surface area contributed by atoms with E-state index in [0.717, 1.165) is 16.6 Å². The highest BCUT2D eigenvalue weighted by Crippen LogP contribution is 2.12. The van der Waals surface area contributed by atoms with Crippen LogP contribution in [0.25, 0.3) is 10.9 Å². The third-order valence-corrected chi connectivity index (χ3v) is 1.96. The number of aryl methyl sites for hydroxylation is 2. The fourth-order valence-corrected chi connectivity index (χ4v) is 1.42. The molecule has 0 saturated carbocycles. The third-order valence-electron chi connectivity index (χ3n) is 1.96. The molecule has 0 aliphatic carbocycles. The van der Waals surface area contributed by atoms with E-state index in [9.17, 15) is 0 Å². The average Bonchev–Trinajstić information content (AvgIpc) is 2.47. The van der Waals surface area contributed by atoms with Gasteiger partial charge in [0.1, 0.15) is 7.85 Å². The Labute approximate surface area is 85.6 Å². The van der Waals surface area contributed by atoms with Crippen molar-refractivity contribution in [2.45, 2.75) is 20.8 Å². The third kappa shape index (κ3) is 1.64. The zero-order valence-electron chi connectivity index (χ0n) is 9.07. The van der Waals surface area contributed by atoms with Gasteiger partial charge in [-0.1, -0.05) is 19.3 Å². The number of hydrogen-bond donors (Lipinski definition) is 0. The number of aromatic nitrogens is 3. The lowest BCUT2D eigenvalue weighted by Crippen LogP contribution is -2.08. The van der Waals surface area contributed by atoms with Crippen LogP contribution >= 0.6 is 0 Å². The number of hydrogen-bond acceptors (Lipinski definition) is 2. The van der Waals surface area contributed by atoms with Gasteiger partial charge in [0.05, 0.1) is 11.2 Å². The minimum atomic E-state index is 0.676. The molecule has 3 nitrogen and oxygen atoms in total. The second-order valence-electron chi connectivity index (χ2n) is 2.83. The van der Waals surface area contributed by atoms with E-state index >= 15 is 0 Å². The van der Waals surface area contributed by atoms with E-state index < -0.39 is 0 Å². The van der Waals surface area contributed by atoms with Crippen molar-refractivity contribution in [3.05, 3.63) is 18.1 Å². The lowest BCUT2D eigenvalue weighted by atomic mass is 9.96. The van der Waals surface area contributed by atoms with Crippen molar-refractivity contribution in [2.24, 2.45) is 7.05 Å². The van der Waals surface area contributed by atoms with Crippen LogP contribution in [0.5, 0.6) is 0 Å². The maximum absolute atomic E-state index is 5.75. The van der Waals surface area contributed by atoms with Crippen molar-refractivity contribution in [2.75, 3.05) is 0 Å². The minimum absolute atomic E-state index is 0.676. The van der Waals surface area contributed by atoms with Crippen molar-refractivity contribution in [3.63, 3.8) is 0 Å². The molecular formula is C10H14BN3. The highest BCUT2D eigenvalue weighted by molar-refractivity contribution is 6.38. The van der Waals surface area contributed by atoms with E-state index in [1.807, 2.05) is 27.8 Å². The fraction of sp³-hybridized carbons (Fsp3) is 0.400. The lowest BCUT2D eigenvalue weighted by molar-refractivity contribution is 0.785. The van der Waals surface area contributed by atoms with Gasteiger partial charge in [-0.3, -0.25) is 9.67 Å². The maximum atomic E-state index is 5.75. The molecular weight excluding hydrogens is 173 g/mol. The summed E-state index contributed by atoms with van der Waals surface area (Å²) in [6, 6.07) is 0. The molecule has 2 radical (unpaired) electrons. The molecule has 0 bridgehead atoms. The van der Waals surface area contributed by atoms with Crippen molar-refractivity contribution >= 4 is 24.2 Å². The van der Waals surface area contributed by atoms with Crippen LogP contribution in [0.4, 0.5) is 0 Å². The second-order valence-corrected chi connectivity index (χ2v) is 2.83. The van der Waals surface area contributed by atoms with Crippen LogP contribution in [0.15, 0.2) is 12.4 Å². The first-order valence-corrected chi connectivity index (χ1v) is 4.73. The van der Waals surface area contributed by atoms with E-state index in [2.05, 4.69) is 10.1 Å². The molecule has 0 fully saturated rings. The molecule has 0 aliphatic heterocycles. The Morgan fingerprint density at radius 1 is 1.29 bits per heavy atom. The van der Waals surface area contributed by atoms with Gasteiger partial charge in [-0.25, -0.2) is 0 Å². The normalized spacial score (nSPS) is 9.71. The Morgan fingerprint density at radius 3 is 2.50 bits per heavy atom. The van der Waals surface area contributed by atoms with E-state index in [1.54, 1.807) is 17.1 Å². The summed E-state index contributed by atoms with van der Waals surface area (Å²) in [6.07, 6.45) is 3.43. The summed E-state index contributed by atoms with van der Waals surface area (Å²) in [5.41, 5.74) is 2.60. The summed E-state index contributed by atoms with van der Waals surface area (Å²) in [5.74, 6) is 0. The Hall–Kier alpha value is -1.32. The van der Waals surface area contributed by atoms with Crippen LogP contribution in [0.3, 0.4) is 0 Å². The molecule has 0 N–H and O–H groups in total. The van der Waals surface area contributed by atoms with Crippen molar-refractivity contribution < 1.29 is 0 Å². The molecule has 2 aromatic heterocycles. The minimum Gasteiger partial charge on any atom is -0.268 e. The first kappa shape index (κ1) is 10.8. The topological polar surface area (TPSA) is 30.7 Å². The van der Waals surface area contributed by atoms with Crippen LogP contribution in [0.2, 0.25) is 0 Å². The van der Waals surface area contributed by atoms with Gasteiger partial charge >= 0.3 is 0 Å². The van der Waals surface area contributed by atoms with Gasteiger partial charge in [0.15, 0.2) is 0 Å². The Balaban J connectivity index is 0.000000461. The standard InChI is InChI=1S/C8H8BN3.C2H6/c1-5-6-3-10-4-7(9)8(6)12(2)11-5;1-2/h3-4H,1-2H3;1-2H3. The molecule has 4 heteroatoms. The molecule has 0 amide bonds.